The van der Waals surface area contributed by atoms with Gasteiger partial charge in [0, 0.05) is 17.4 Å². The fourth-order valence-electron chi connectivity index (χ4n) is 3.62. The van der Waals surface area contributed by atoms with Gasteiger partial charge in [-0.2, -0.15) is 0 Å². The maximum Gasteiger partial charge on any atom is 0.268 e. The van der Waals surface area contributed by atoms with Crippen molar-refractivity contribution in [3.05, 3.63) is 81.3 Å². The van der Waals surface area contributed by atoms with Gasteiger partial charge in [-0.1, -0.05) is 66.7 Å². The van der Waals surface area contributed by atoms with E-state index < -0.39 is 0 Å². The summed E-state index contributed by atoms with van der Waals surface area (Å²) in [4.78, 5) is 31.4. The molecule has 160 valence electrons. The molecule has 1 aromatic heterocycles. The average molecular weight is 452 g/mol. The van der Waals surface area contributed by atoms with Crippen molar-refractivity contribution in [3.8, 4) is 0 Å². The number of carbonyl (C=O) groups is 1. The minimum Gasteiger partial charge on any atom is -0.325 e. The van der Waals surface area contributed by atoms with Crippen LogP contribution in [0.2, 0.25) is 0 Å². The van der Waals surface area contributed by atoms with Crippen LogP contribution < -0.4 is 10.9 Å². The zero-order valence-electron chi connectivity index (χ0n) is 17.8. The summed E-state index contributed by atoms with van der Waals surface area (Å²) in [5.74, 6) is 0.0800. The molecule has 3 aromatic rings. The second kappa shape index (κ2) is 9.32. The highest BCUT2D eigenvalue weighted by molar-refractivity contribution is 8.00. The number of nitrogens with zero attached hydrogens (tertiary/aromatic N) is 2. The maximum atomic E-state index is 13.2. The number of aryl methyl sites for hydroxylation is 2. The van der Waals surface area contributed by atoms with E-state index in [-0.39, 0.29) is 17.2 Å². The van der Waals surface area contributed by atoms with Gasteiger partial charge in [0.15, 0.2) is 5.16 Å². The lowest BCUT2D eigenvalue weighted by molar-refractivity contribution is -0.113. The lowest BCUT2D eigenvalue weighted by Crippen LogP contribution is -2.26. The highest BCUT2D eigenvalue weighted by atomic mass is 32.2. The number of rotatable bonds is 6. The first-order valence-corrected chi connectivity index (χ1v) is 12.1. The van der Waals surface area contributed by atoms with Gasteiger partial charge in [-0.25, -0.2) is 4.98 Å². The fraction of sp³-hybridized carbons (Fsp3) is 0.292. The summed E-state index contributed by atoms with van der Waals surface area (Å²) in [6, 6.07) is 15.8. The Balaban J connectivity index is 1.56. The minimum atomic E-state index is -0.110. The Kier molecular flexibility index (Phi) is 6.53. The van der Waals surface area contributed by atoms with Gasteiger partial charge in [0.2, 0.25) is 5.91 Å². The van der Waals surface area contributed by atoms with E-state index in [2.05, 4.69) is 12.2 Å². The third kappa shape index (κ3) is 5.05. The Morgan fingerprint density at radius 1 is 1.23 bits per heavy atom. The van der Waals surface area contributed by atoms with Gasteiger partial charge in [0.25, 0.3) is 5.56 Å². The third-order valence-corrected chi connectivity index (χ3v) is 7.33. The van der Waals surface area contributed by atoms with Crippen molar-refractivity contribution in [1.29, 1.82) is 0 Å². The first kappa shape index (κ1) is 21.7. The molecule has 0 bridgehead atoms. The highest BCUT2D eigenvalue weighted by Crippen LogP contribution is 2.34. The molecule has 7 heteroatoms. The second-order valence-electron chi connectivity index (χ2n) is 7.83. The maximum absolute atomic E-state index is 13.2. The molecular weight excluding hydrogens is 426 g/mol. The standard InChI is InChI=1S/C24H25N3O2S2/c1-15-9-10-19(16(2)11-15)25-21(28)14-30-24-26-20-12-17(3)31-22(20)23(29)27(24)13-18-7-5-4-6-8-18/h4-11,17H,12-14H2,1-3H3,(H,25,28)/t17-/m0/s1. The Morgan fingerprint density at radius 3 is 2.74 bits per heavy atom. The minimum absolute atomic E-state index is 0.0134. The molecule has 1 aliphatic rings. The van der Waals surface area contributed by atoms with E-state index in [4.69, 9.17) is 4.98 Å². The van der Waals surface area contributed by atoms with E-state index in [0.717, 1.165) is 39.4 Å². The van der Waals surface area contributed by atoms with Crippen LogP contribution >= 0.6 is 23.5 Å². The molecule has 1 aliphatic heterocycles. The molecule has 2 heterocycles. The van der Waals surface area contributed by atoms with Crippen molar-refractivity contribution in [3.63, 3.8) is 0 Å². The molecular formula is C24H25N3O2S2. The molecule has 0 unspecified atom stereocenters. The van der Waals surface area contributed by atoms with Gasteiger partial charge in [-0.3, -0.25) is 14.2 Å². The lowest BCUT2D eigenvalue weighted by atomic mass is 10.1. The van der Waals surface area contributed by atoms with Crippen molar-refractivity contribution in [2.75, 3.05) is 11.1 Å². The predicted molar refractivity (Wildman–Crippen MR) is 128 cm³/mol. The predicted octanol–water partition coefficient (Wildman–Crippen LogP) is 4.68. The molecule has 0 aliphatic carbocycles. The normalized spacial score (nSPS) is 15.0. The van der Waals surface area contributed by atoms with Crippen LogP contribution in [0.1, 0.15) is 29.3 Å². The highest BCUT2D eigenvalue weighted by Gasteiger charge is 2.26. The second-order valence-corrected chi connectivity index (χ2v) is 10.2. The zero-order valence-corrected chi connectivity index (χ0v) is 19.5. The van der Waals surface area contributed by atoms with E-state index in [1.54, 1.807) is 16.3 Å². The third-order valence-electron chi connectivity index (χ3n) is 5.13. The Labute approximate surface area is 190 Å². The molecule has 0 saturated carbocycles. The molecule has 1 N–H and O–H groups in total. The number of thioether (sulfide) groups is 2. The van der Waals surface area contributed by atoms with Crippen LogP contribution in [-0.4, -0.2) is 26.5 Å². The molecule has 2 aromatic carbocycles. The van der Waals surface area contributed by atoms with Crippen LogP contribution in [0.3, 0.4) is 0 Å². The van der Waals surface area contributed by atoms with Gasteiger partial charge < -0.3 is 5.32 Å². The molecule has 0 spiro atoms. The fourth-order valence-corrected chi connectivity index (χ4v) is 5.55. The first-order valence-electron chi connectivity index (χ1n) is 10.2. The number of aromatic nitrogens is 2. The largest absolute Gasteiger partial charge is 0.325 e. The van der Waals surface area contributed by atoms with Crippen molar-refractivity contribution in [1.82, 2.24) is 9.55 Å². The smallest absolute Gasteiger partial charge is 0.268 e. The Hall–Kier alpha value is -2.51. The Bertz CT molecular complexity index is 1180. The molecule has 31 heavy (non-hydrogen) atoms. The van der Waals surface area contributed by atoms with E-state index in [0.29, 0.717) is 17.0 Å². The monoisotopic (exact) mass is 451 g/mol. The number of fused-ring (bicyclic) bond motifs is 1. The van der Waals surface area contributed by atoms with E-state index in [1.165, 1.54) is 11.8 Å². The summed E-state index contributed by atoms with van der Waals surface area (Å²) in [7, 11) is 0. The molecule has 1 amide bonds. The quantitative estimate of drug-likeness (QED) is 0.436. The first-order chi connectivity index (χ1) is 14.9. The van der Waals surface area contributed by atoms with Crippen LogP contribution in [0.15, 0.2) is 63.4 Å². The molecule has 5 nitrogen and oxygen atoms in total. The molecule has 0 saturated heterocycles. The van der Waals surface area contributed by atoms with Gasteiger partial charge in [0.1, 0.15) is 0 Å². The van der Waals surface area contributed by atoms with Crippen LogP contribution in [-0.2, 0) is 17.8 Å². The number of hydrogen-bond donors (Lipinski definition) is 1. The summed E-state index contributed by atoms with van der Waals surface area (Å²) >= 11 is 2.91. The number of carbonyl (C=O) groups excluding carboxylic acids is 1. The van der Waals surface area contributed by atoms with Crippen molar-refractivity contribution >= 4 is 35.1 Å². The SMILES string of the molecule is Cc1ccc(NC(=O)CSc2nc3c(c(=O)n2Cc2ccccc2)S[C@@H](C)C3)c(C)c1. The number of benzene rings is 2. The number of amides is 1. The Morgan fingerprint density at radius 2 is 2.00 bits per heavy atom. The van der Waals surface area contributed by atoms with Crippen LogP contribution in [0.25, 0.3) is 0 Å². The van der Waals surface area contributed by atoms with Crippen molar-refractivity contribution < 1.29 is 4.79 Å². The van der Waals surface area contributed by atoms with Crippen molar-refractivity contribution in [2.45, 2.75) is 49.0 Å². The van der Waals surface area contributed by atoms with E-state index in [1.807, 2.05) is 62.4 Å². The molecule has 0 fully saturated rings. The summed E-state index contributed by atoms with van der Waals surface area (Å²) in [6.07, 6.45) is 0.781. The van der Waals surface area contributed by atoms with Crippen LogP contribution in [0.5, 0.6) is 0 Å². The summed E-state index contributed by atoms with van der Waals surface area (Å²) in [5.41, 5.74) is 4.86. The van der Waals surface area contributed by atoms with Gasteiger partial charge >= 0.3 is 0 Å². The number of anilines is 1. The molecule has 4 rings (SSSR count). The average Bonchev–Trinajstić information content (AvgIpc) is 3.12. The van der Waals surface area contributed by atoms with Gasteiger partial charge in [0.05, 0.1) is 22.9 Å². The van der Waals surface area contributed by atoms with Crippen LogP contribution in [0, 0.1) is 13.8 Å². The van der Waals surface area contributed by atoms with Crippen molar-refractivity contribution in [2.24, 2.45) is 0 Å². The van der Waals surface area contributed by atoms with Gasteiger partial charge in [-0.05, 0) is 31.0 Å². The summed E-state index contributed by atoms with van der Waals surface area (Å²) in [5, 5.41) is 3.91. The molecule has 0 radical (unpaired) electrons. The van der Waals surface area contributed by atoms with E-state index in [9.17, 15) is 9.59 Å². The topological polar surface area (TPSA) is 64.0 Å². The van der Waals surface area contributed by atoms with Gasteiger partial charge in [-0.15, -0.1) is 11.8 Å². The summed E-state index contributed by atoms with van der Waals surface area (Å²) in [6.45, 7) is 6.56. The molecule has 1 atom stereocenters. The van der Waals surface area contributed by atoms with E-state index >= 15 is 0 Å². The number of nitrogens with one attached hydrogen (secondary N) is 1. The zero-order chi connectivity index (χ0) is 22.0. The lowest BCUT2D eigenvalue weighted by Gasteiger charge is -2.14. The summed E-state index contributed by atoms with van der Waals surface area (Å²) < 4.78 is 1.70. The number of hydrogen-bond acceptors (Lipinski definition) is 5. The van der Waals surface area contributed by atoms with Crippen LogP contribution in [0.4, 0.5) is 5.69 Å².